The van der Waals surface area contributed by atoms with Crippen LogP contribution in [0.5, 0.6) is 5.75 Å². The van der Waals surface area contributed by atoms with E-state index in [9.17, 15) is 14.7 Å². The number of ether oxygens (including phenoxy) is 2. The molecule has 2 atom stereocenters. The molecule has 1 aliphatic rings. The molecule has 33 heavy (non-hydrogen) atoms. The molecule has 0 aromatic heterocycles. The molecule has 0 aliphatic carbocycles. The number of amides is 2. The molecule has 0 spiro atoms. The predicted molar refractivity (Wildman–Crippen MR) is 125 cm³/mol. The van der Waals surface area contributed by atoms with Crippen LogP contribution in [-0.4, -0.2) is 60.4 Å². The van der Waals surface area contributed by atoms with Crippen molar-refractivity contribution in [3.8, 4) is 5.75 Å². The van der Waals surface area contributed by atoms with Crippen molar-refractivity contribution in [2.75, 3.05) is 26.3 Å². The van der Waals surface area contributed by atoms with E-state index in [-0.39, 0.29) is 0 Å². The molecular weight excluding hydrogens is 422 g/mol. The average molecular weight is 456 g/mol. The second-order valence-electron chi connectivity index (χ2n) is 8.43. The Bertz CT molecular complexity index is 919. The van der Waals surface area contributed by atoms with Crippen LogP contribution in [-0.2, 0) is 16.1 Å². The van der Waals surface area contributed by atoms with Crippen LogP contribution in [0.1, 0.15) is 39.9 Å². The second kappa shape index (κ2) is 11.8. The molecule has 8 nitrogen and oxygen atoms in total. The molecule has 1 heterocycles. The monoisotopic (exact) mass is 455 g/mol. The molecule has 1 unspecified atom stereocenters. The lowest BCUT2D eigenvalue weighted by Crippen LogP contribution is -2.58. The molecule has 1 aliphatic heterocycles. The number of carbonyl (C=O) groups excluding carboxylic acids is 2. The van der Waals surface area contributed by atoms with Gasteiger partial charge in [0.25, 0.3) is 5.91 Å². The smallest absolute Gasteiger partial charge is 0.252 e. The summed E-state index contributed by atoms with van der Waals surface area (Å²) in [6, 6.07) is 11.6. The van der Waals surface area contributed by atoms with Gasteiger partial charge in [0.15, 0.2) is 0 Å². The Labute approximate surface area is 194 Å². The molecular formula is C25H33N3O5. The van der Waals surface area contributed by atoms with Gasteiger partial charge in [0.1, 0.15) is 24.6 Å². The van der Waals surface area contributed by atoms with Crippen molar-refractivity contribution in [2.24, 2.45) is 5.73 Å². The minimum absolute atomic E-state index is 0.336. The highest BCUT2D eigenvalue weighted by molar-refractivity contribution is 5.97. The number of nitrogens with one attached hydrogen (secondary N) is 1. The predicted octanol–water partition coefficient (Wildman–Crippen LogP) is 1.90. The molecule has 4 N–H and O–H groups in total. The number of aliphatic hydroxyl groups excluding tert-OH is 1. The van der Waals surface area contributed by atoms with Crippen molar-refractivity contribution in [1.82, 2.24) is 10.2 Å². The molecule has 0 radical (unpaired) electrons. The van der Waals surface area contributed by atoms with Crippen LogP contribution in [0.3, 0.4) is 0 Å². The fourth-order valence-corrected chi connectivity index (χ4v) is 3.93. The summed E-state index contributed by atoms with van der Waals surface area (Å²) in [6.45, 7) is 6.68. The third kappa shape index (κ3) is 7.28. The third-order valence-electron chi connectivity index (χ3n) is 5.58. The Kier molecular flexibility index (Phi) is 8.82. The third-order valence-corrected chi connectivity index (χ3v) is 5.58. The van der Waals surface area contributed by atoms with Crippen LogP contribution < -0.4 is 15.8 Å². The fraction of sp³-hybridized carbons (Fsp3) is 0.440. The summed E-state index contributed by atoms with van der Waals surface area (Å²) in [4.78, 5) is 26.4. The molecule has 178 valence electrons. The van der Waals surface area contributed by atoms with Crippen LogP contribution in [0.15, 0.2) is 42.5 Å². The first-order chi connectivity index (χ1) is 15.8. The number of primary amides is 1. The van der Waals surface area contributed by atoms with E-state index in [1.165, 1.54) is 11.1 Å². The molecule has 2 aromatic rings. The summed E-state index contributed by atoms with van der Waals surface area (Å²) in [6.07, 6.45) is 0.461. The minimum Gasteiger partial charge on any atom is -0.489 e. The maximum absolute atomic E-state index is 12.7. The van der Waals surface area contributed by atoms with Crippen LogP contribution in [0.4, 0.5) is 0 Å². The maximum Gasteiger partial charge on any atom is 0.252 e. The van der Waals surface area contributed by atoms with E-state index in [0.717, 1.165) is 18.4 Å². The van der Waals surface area contributed by atoms with E-state index >= 15 is 0 Å². The molecule has 0 saturated carbocycles. The van der Waals surface area contributed by atoms with E-state index in [1.807, 2.05) is 13.8 Å². The van der Waals surface area contributed by atoms with Crippen molar-refractivity contribution in [3.63, 3.8) is 0 Å². The lowest BCUT2D eigenvalue weighted by Gasteiger charge is -2.33. The molecule has 2 amide bonds. The largest absolute Gasteiger partial charge is 0.489 e. The van der Waals surface area contributed by atoms with Gasteiger partial charge in [0, 0.05) is 25.3 Å². The molecule has 2 aromatic carbocycles. The quantitative estimate of drug-likeness (QED) is 0.560. The zero-order valence-electron chi connectivity index (χ0n) is 19.3. The molecule has 8 heteroatoms. The Morgan fingerprint density at radius 3 is 2.45 bits per heavy atom. The summed E-state index contributed by atoms with van der Waals surface area (Å²) in [5.41, 5.74) is 9.25. The van der Waals surface area contributed by atoms with Gasteiger partial charge >= 0.3 is 0 Å². The summed E-state index contributed by atoms with van der Waals surface area (Å²) in [5, 5.41) is 13.3. The van der Waals surface area contributed by atoms with Crippen molar-refractivity contribution in [3.05, 3.63) is 64.7 Å². The van der Waals surface area contributed by atoms with Gasteiger partial charge in [-0.05, 0) is 56.5 Å². The Morgan fingerprint density at radius 2 is 1.79 bits per heavy atom. The van der Waals surface area contributed by atoms with E-state index in [0.29, 0.717) is 44.2 Å². The summed E-state index contributed by atoms with van der Waals surface area (Å²) in [7, 11) is 0. The number of nitrogens with two attached hydrogens (primary N) is 1. The number of nitrogens with zero attached hydrogens (tertiary/aromatic N) is 1. The van der Waals surface area contributed by atoms with Crippen molar-refractivity contribution >= 4 is 11.8 Å². The number of rotatable bonds is 8. The van der Waals surface area contributed by atoms with Gasteiger partial charge < -0.3 is 25.6 Å². The molecule has 1 fully saturated rings. The minimum atomic E-state index is -1.24. The zero-order chi connectivity index (χ0) is 23.8. The van der Waals surface area contributed by atoms with E-state index in [2.05, 4.69) is 23.5 Å². The van der Waals surface area contributed by atoms with Gasteiger partial charge in [-0.15, -0.1) is 0 Å². The van der Waals surface area contributed by atoms with Gasteiger partial charge in [-0.3, -0.25) is 14.5 Å². The lowest BCUT2D eigenvalue weighted by atomic mass is 10.1. The first-order valence-electron chi connectivity index (χ1n) is 11.2. The van der Waals surface area contributed by atoms with Crippen LogP contribution in [0.2, 0.25) is 0 Å². The number of benzene rings is 2. The normalized spacial score (nSPS) is 16.8. The summed E-state index contributed by atoms with van der Waals surface area (Å²) in [5.74, 6) is -0.674. The first kappa shape index (κ1) is 24.7. The number of aryl methyl sites for hydroxylation is 2. The highest BCUT2D eigenvalue weighted by Gasteiger charge is 2.31. The summed E-state index contributed by atoms with van der Waals surface area (Å²) < 4.78 is 11.3. The Hall–Kier alpha value is -2.94. The molecule has 1 saturated heterocycles. The SMILES string of the molecule is Cc1cc(C)cc(COc2ccc(C(=O)N[C@H](C(N)=O)C(O)N3CCCCOCC3)cc2)c1. The van der Waals surface area contributed by atoms with Gasteiger partial charge in [-0.25, -0.2) is 0 Å². The standard InChI is InChI=1S/C25H33N3O5/c1-17-13-18(2)15-19(14-17)16-33-21-7-5-20(6-8-21)24(30)27-22(23(26)29)25(31)28-9-3-4-11-32-12-10-28/h5-8,13-15,22,25,31H,3-4,9-12,16H2,1-2H3,(H2,26,29)(H,27,30)/t22-,25?/m1/s1. The van der Waals surface area contributed by atoms with Gasteiger partial charge in [0.2, 0.25) is 5.91 Å². The lowest BCUT2D eigenvalue weighted by molar-refractivity contribution is -0.127. The van der Waals surface area contributed by atoms with Crippen molar-refractivity contribution in [1.29, 1.82) is 0 Å². The number of hydrogen-bond acceptors (Lipinski definition) is 6. The van der Waals surface area contributed by atoms with E-state index in [4.69, 9.17) is 15.2 Å². The van der Waals surface area contributed by atoms with Crippen molar-refractivity contribution < 1.29 is 24.2 Å². The number of hydrogen-bond donors (Lipinski definition) is 3. The van der Waals surface area contributed by atoms with Crippen molar-refractivity contribution in [2.45, 2.75) is 45.6 Å². The van der Waals surface area contributed by atoms with E-state index in [1.54, 1.807) is 29.2 Å². The van der Waals surface area contributed by atoms with Crippen LogP contribution >= 0.6 is 0 Å². The topological polar surface area (TPSA) is 114 Å². The van der Waals surface area contributed by atoms with Gasteiger partial charge in [-0.2, -0.15) is 0 Å². The molecule has 0 bridgehead atoms. The maximum atomic E-state index is 12.7. The number of carbonyl (C=O) groups is 2. The van der Waals surface area contributed by atoms with Gasteiger partial charge in [-0.1, -0.05) is 29.3 Å². The second-order valence-corrected chi connectivity index (χ2v) is 8.43. The Morgan fingerprint density at radius 1 is 1.09 bits per heavy atom. The highest BCUT2D eigenvalue weighted by atomic mass is 16.5. The van der Waals surface area contributed by atoms with Crippen LogP contribution in [0.25, 0.3) is 0 Å². The highest BCUT2D eigenvalue weighted by Crippen LogP contribution is 2.16. The molecule has 3 rings (SSSR count). The fourth-order valence-electron chi connectivity index (χ4n) is 3.93. The zero-order valence-corrected chi connectivity index (χ0v) is 19.3. The summed E-state index contributed by atoms with van der Waals surface area (Å²) >= 11 is 0. The Balaban J connectivity index is 1.59. The first-order valence-corrected chi connectivity index (χ1v) is 11.2. The van der Waals surface area contributed by atoms with Gasteiger partial charge in [0.05, 0.1) is 6.61 Å². The average Bonchev–Trinajstić information content (AvgIpc) is 2.75. The number of aliphatic hydroxyl groups is 1. The van der Waals surface area contributed by atoms with E-state index < -0.39 is 24.1 Å². The van der Waals surface area contributed by atoms with Crippen LogP contribution in [0, 0.1) is 13.8 Å².